The minimum absolute atomic E-state index is 0.264. The lowest BCUT2D eigenvalue weighted by Gasteiger charge is -2.18. The van der Waals surface area contributed by atoms with E-state index in [1.54, 1.807) is 0 Å². The van der Waals surface area contributed by atoms with E-state index in [1.165, 1.54) is 24.0 Å². The molecular weight excluding hydrogens is 246 g/mol. The molecule has 0 saturated carbocycles. The third-order valence-electron chi connectivity index (χ3n) is 3.36. The summed E-state index contributed by atoms with van der Waals surface area (Å²) in [5.74, 6) is 0. The molecule has 0 heterocycles. The van der Waals surface area contributed by atoms with Crippen molar-refractivity contribution in [1.82, 2.24) is 5.48 Å². The molecule has 0 amide bonds. The zero-order valence-corrected chi connectivity index (χ0v) is 12.1. The SMILES string of the molecule is CCCCC(NOCc1ccccc1)c1ccccc1. The maximum absolute atomic E-state index is 5.68. The first kappa shape index (κ1) is 14.8. The molecule has 2 aromatic rings. The van der Waals surface area contributed by atoms with Crippen LogP contribution in [0.2, 0.25) is 0 Å². The van der Waals surface area contributed by atoms with Gasteiger partial charge in [0.05, 0.1) is 12.6 Å². The summed E-state index contributed by atoms with van der Waals surface area (Å²) in [5.41, 5.74) is 5.69. The van der Waals surface area contributed by atoms with Gasteiger partial charge in [-0.1, -0.05) is 80.4 Å². The van der Waals surface area contributed by atoms with Gasteiger partial charge in [-0.25, -0.2) is 0 Å². The second kappa shape index (κ2) is 8.51. The first-order valence-electron chi connectivity index (χ1n) is 7.36. The fraction of sp³-hybridized carbons (Fsp3) is 0.333. The molecule has 106 valence electrons. The first-order chi connectivity index (χ1) is 9.90. The molecular formula is C18H23NO. The summed E-state index contributed by atoms with van der Waals surface area (Å²) >= 11 is 0. The zero-order valence-electron chi connectivity index (χ0n) is 12.1. The molecule has 0 aliphatic heterocycles. The van der Waals surface area contributed by atoms with Gasteiger partial charge >= 0.3 is 0 Å². The Balaban J connectivity index is 1.88. The molecule has 2 heteroatoms. The van der Waals surface area contributed by atoms with Crippen molar-refractivity contribution in [1.29, 1.82) is 0 Å². The van der Waals surface area contributed by atoms with Crippen molar-refractivity contribution < 1.29 is 4.84 Å². The topological polar surface area (TPSA) is 21.3 Å². The molecule has 2 aromatic carbocycles. The highest BCUT2D eigenvalue weighted by Crippen LogP contribution is 2.19. The average Bonchev–Trinajstić information content (AvgIpc) is 2.52. The number of hydrogen-bond acceptors (Lipinski definition) is 2. The predicted octanol–water partition coefficient (Wildman–Crippen LogP) is 4.64. The molecule has 0 saturated heterocycles. The predicted molar refractivity (Wildman–Crippen MR) is 83.1 cm³/mol. The van der Waals surface area contributed by atoms with Crippen molar-refractivity contribution in [2.45, 2.75) is 38.8 Å². The van der Waals surface area contributed by atoms with Crippen LogP contribution in [0, 0.1) is 0 Å². The van der Waals surface area contributed by atoms with Gasteiger partial charge in [0, 0.05) is 0 Å². The normalized spacial score (nSPS) is 12.2. The number of benzene rings is 2. The smallest absolute Gasteiger partial charge is 0.0933 e. The summed E-state index contributed by atoms with van der Waals surface area (Å²) in [6.07, 6.45) is 3.49. The summed E-state index contributed by atoms with van der Waals surface area (Å²) < 4.78 is 0. The zero-order chi connectivity index (χ0) is 14.0. The lowest BCUT2D eigenvalue weighted by atomic mass is 10.0. The molecule has 0 radical (unpaired) electrons. The molecule has 1 unspecified atom stereocenters. The molecule has 0 spiro atoms. The number of nitrogens with one attached hydrogen (secondary N) is 1. The van der Waals surface area contributed by atoms with Gasteiger partial charge in [0.2, 0.25) is 0 Å². The van der Waals surface area contributed by atoms with Crippen LogP contribution in [-0.2, 0) is 11.4 Å². The fourth-order valence-corrected chi connectivity index (χ4v) is 2.19. The van der Waals surface area contributed by atoms with Crippen LogP contribution in [0.3, 0.4) is 0 Å². The van der Waals surface area contributed by atoms with Crippen LogP contribution in [0.25, 0.3) is 0 Å². The molecule has 0 fully saturated rings. The van der Waals surface area contributed by atoms with Crippen LogP contribution < -0.4 is 5.48 Å². The van der Waals surface area contributed by atoms with E-state index in [2.05, 4.69) is 48.8 Å². The second-order valence-electron chi connectivity index (χ2n) is 5.00. The van der Waals surface area contributed by atoms with Gasteiger partial charge in [-0.15, -0.1) is 0 Å². The largest absolute Gasteiger partial charge is 0.296 e. The van der Waals surface area contributed by atoms with E-state index in [1.807, 2.05) is 24.3 Å². The lowest BCUT2D eigenvalue weighted by molar-refractivity contribution is 0.000515. The van der Waals surface area contributed by atoms with Crippen LogP contribution in [0.1, 0.15) is 43.4 Å². The summed E-state index contributed by atoms with van der Waals surface area (Å²) in [5, 5.41) is 0. The average molecular weight is 269 g/mol. The van der Waals surface area contributed by atoms with E-state index in [-0.39, 0.29) is 6.04 Å². The molecule has 2 rings (SSSR count). The Morgan fingerprint density at radius 3 is 2.25 bits per heavy atom. The molecule has 0 aliphatic rings. The highest BCUT2D eigenvalue weighted by Gasteiger charge is 2.10. The van der Waals surface area contributed by atoms with E-state index in [0.29, 0.717) is 6.61 Å². The van der Waals surface area contributed by atoms with Crippen LogP contribution >= 0.6 is 0 Å². The second-order valence-corrected chi connectivity index (χ2v) is 5.00. The highest BCUT2D eigenvalue weighted by molar-refractivity contribution is 5.18. The summed E-state index contributed by atoms with van der Waals surface area (Å²) in [4.78, 5) is 5.68. The Morgan fingerprint density at radius 2 is 1.60 bits per heavy atom. The Labute approximate surface area is 121 Å². The van der Waals surface area contributed by atoms with E-state index in [0.717, 1.165) is 6.42 Å². The van der Waals surface area contributed by atoms with E-state index in [4.69, 9.17) is 4.84 Å². The number of unbranched alkanes of at least 4 members (excludes halogenated alkanes) is 1. The van der Waals surface area contributed by atoms with Gasteiger partial charge in [-0.05, 0) is 17.5 Å². The van der Waals surface area contributed by atoms with Gasteiger partial charge in [-0.3, -0.25) is 4.84 Å². The van der Waals surface area contributed by atoms with Crippen molar-refractivity contribution in [2.24, 2.45) is 0 Å². The van der Waals surface area contributed by atoms with Gasteiger partial charge in [0.25, 0.3) is 0 Å². The first-order valence-corrected chi connectivity index (χ1v) is 7.36. The lowest BCUT2D eigenvalue weighted by Crippen LogP contribution is -2.21. The monoisotopic (exact) mass is 269 g/mol. The standard InChI is InChI=1S/C18H23NO/c1-2-3-14-18(17-12-8-5-9-13-17)19-20-15-16-10-6-4-7-11-16/h4-13,18-19H,2-3,14-15H2,1H3. The third-order valence-corrected chi connectivity index (χ3v) is 3.36. The maximum atomic E-state index is 5.68. The van der Waals surface area contributed by atoms with Gasteiger partial charge in [-0.2, -0.15) is 5.48 Å². The van der Waals surface area contributed by atoms with Gasteiger partial charge in [0.1, 0.15) is 0 Å². The summed E-state index contributed by atoms with van der Waals surface area (Å²) in [7, 11) is 0. The summed E-state index contributed by atoms with van der Waals surface area (Å²) in [6.45, 7) is 2.81. The third kappa shape index (κ3) is 4.80. The quantitative estimate of drug-likeness (QED) is 0.705. The Kier molecular flexibility index (Phi) is 6.28. The summed E-state index contributed by atoms with van der Waals surface area (Å²) in [6, 6.07) is 21.0. The number of hydroxylamine groups is 1. The minimum Gasteiger partial charge on any atom is -0.296 e. The van der Waals surface area contributed by atoms with Gasteiger partial charge < -0.3 is 0 Å². The molecule has 2 nitrogen and oxygen atoms in total. The van der Waals surface area contributed by atoms with Crippen LogP contribution in [0.4, 0.5) is 0 Å². The molecule has 0 bridgehead atoms. The Morgan fingerprint density at radius 1 is 0.950 bits per heavy atom. The van der Waals surface area contributed by atoms with Crippen molar-refractivity contribution >= 4 is 0 Å². The van der Waals surface area contributed by atoms with Crippen molar-refractivity contribution in [3.8, 4) is 0 Å². The van der Waals surface area contributed by atoms with E-state index in [9.17, 15) is 0 Å². The van der Waals surface area contributed by atoms with Crippen molar-refractivity contribution in [3.05, 3.63) is 71.8 Å². The number of rotatable bonds is 8. The van der Waals surface area contributed by atoms with E-state index < -0.39 is 0 Å². The van der Waals surface area contributed by atoms with Gasteiger partial charge in [0.15, 0.2) is 0 Å². The van der Waals surface area contributed by atoms with Crippen LogP contribution in [-0.4, -0.2) is 0 Å². The van der Waals surface area contributed by atoms with Crippen molar-refractivity contribution in [2.75, 3.05) is 0 Å². The maximum Gasteiger partial charge on any atom is 0.0933 e. The molecule has 1 atom stereocenters. The molecule has 20 heavy (non-hydrogen) atoms. The minimum atomic E-state index is 0.264. The van der Waals surface area contributed by atoms with Crippen LogP contribution in [0.5, 0.6) is 0 Å². The number of hydrogen-bond donors (Lipinski definition) is 1. The van der Waals surface area contributed by atoms with E-state index >= 15 is 0 Å². The van der Waals surface area contributed by atoms with Crippen LogP contribution in [0.15, 0.2) is 60.7 Å². The molecule has 0 aliphatic carbocycles. The molecule has 1 N–H and O–H groups in total. The Bertz CT molecular complexity index is 469. The highest BCUT2D eigenvalue weighted by atomic mass is 16.6. The van der Waals surface area contributed by atoms with Crippen molar-refractivity contribution in [3.63, 3.8) is 0 Å². The Hall–Kier alpha value is -1.64. The fourth-order valence-electron chi connectivity index (χ4n) is 2.19. The molecule has 0 aromatic heterocycles.